The maximum absolute atomic E-state index is 12.6. The SMILES string of the molecule is O=C(CCC(=O)c1ccc2c(c1)CCCC2)Nc1nc(-c2ccc3ccccc3c2)cs1. The van der Waals surface area contributed by atoms with Crippen LogP contribution in [0.25, 0.3) is 22.0 Å². The van der Waals surface area contributed by atoms with Gasteiger partial charge in [0.2, 0.25) is 5.91 Å². The summed E-state index contributed by atoms with van der Waals surface area (Å²) < 4.78 is 0. The second-order valence-corrected chi connectivity index (χ2v) is 9.12. The monoisotopic (exact) mass is 440 g/mol. The van der Waals surface area contributed by atoms with Crippen LogP contribution in [0.5, 0.6) is 0 Å². The molecule has 5 rings (SSSR count). The zero-order chi connectivity index (χ0) is 21.9. The Hall–Kier alpha value is -3.31. The van der Waals surface area contributed by atoms with Crippen LogP contribution in [0.4, 0.5) is 5.13 Å². The number of anilines is 1. The first-order valence-electron chi connectivity index (χ1n) is 11.1. The molecule has 1 aliphatic rings. The van der Waals surface area contributed by atoms with Crippen LogP contribution in [-0.4, -0.2) is 16.7 Å². The Morgan fingerprint density at radius 3 is 2.56 bits per heavy atom. The third-order valence-corrected chi connectivity index (χ3v) is 6.80. The summed E-state index contributed by atoms with van der Waals surface area (Å²) in [5.74, 6) is -0.166. The molecule has 0 atom stereocenters. The van der Waals surface area contributed by atoms with E-state index in [1.165, 1.54) is 40.7 Å². The number of amides is 1. The van der Waals surface area contributed by atoms with E-state index in [1.54, 1.807) is 0 Å². The molecule has 4 nitrogen and oxygen atoms in total. The van der Waals surface area contributed by atoms with Gasteiger partial charge in [-0.05, 0) is 59.7 Å². The number of carbonyl (C=O) groups is 2. The van der Waals surface area contributed by atoms with Crippen molar-refractivity contribution in [2.45, 2.75) is 38.5 Å². The molecule has 0 saturated heterocycles. The second-order valence-electron chi connectivity index (χ2n) is 8.26. The summed E-state index contributed by atoms with van der Waals surface area (Å²) in [6.07, 6.45) is 4.90. The molecule has 1 aliphatic carbocycles. The molecule has 0 fully saturated rings. The number of benzene rings is 3. The van der Waals surface area contributed by atoms with Crippen LogP contribution in [0.3, 0.4) is 0 Å². The Balaban J connectivity index is 1.19. The highest BCUT2D eigenvalue weighted by Gasteiger charge is 2.15. The second kappa shape index (κ2) is 9.05. The largest absolute Gasteiger partial charge is 0.302 e. The van der Waals surface area contributed by atoms with Crippen molar-refractivity contribution in [3.8, 4) is 11.3 Å². The number of ketones is 1. The van der Waals surface area contributed by atoms with E-state index in [0.29, 0.717) is 10.7 Å². The van der Waals surface area contributed by atoms with Gasteiger partial charge in [-0.15, -0.1) is 11.3 Å². The van der Waals surface area contributed by atoms with E-state index in [2.05, 4.69) is 40.6 Å². The lowest BCUT2D eigenvalue weighted by Crippen LogP contribution is -2.14. The van der Waals surface area contributed by atoms with Crippen LogP contribution in [0.15, 0.2) is 66.0 Å². The lowest BCUT2D eigenvalue weighted by molar-refractivity contribution is -0.116. The van der Waals surface area contributed by atoms with Crippen LogP contribution in [0.1, 0.15) is 47.2 Å². The quantitative estimate of drug-likeness (QED) is 0.351. The van der Waals surface area contributed by atoms with Gasteiger partial charge in [-0.25, -0.2) is 4.98 Å². The Morgan fingerprint density at radius 2 is 1.69 bits per heavy atom. The Morgan fingerprint density at radius 1 is 0.875 bits per heavy atom. The number of carbonyl (C=O) groups excluding carboxylic acids is 2. The minimum absolute atomic E-state index is 0.0181. The molecule has 1 amide bonds. The molecule has 0 spiro atoms. The Labute approximate surface area is 191 Å². The van der Waals surface area contributed by atoms with Crippen LogP contribution >= 0.6 is 11.3 Å². The van der Waals surface area contributed by atoms with Gasteiger partial charge in [0.05, 0.1) is 5.69 Å². The maximum Gasteiger partial charge on any atom is 0.226 e. The minimum Gasteiger partial charge on any atom is -0.302 e. The number of rotatable bonds is 6. The fourth-order valence-corrected chi connectivity index (χ4v) is 5.01. The van der Waals surface area contributed by atoms with Crippen molar-refractivity contribution >= 4 is 38.9 Å². The first-order chi connectivity index (χ1) is 15.7. The van der Waals surface area contributed by atoms with E-state index in [4.69, 9.17) is 0 Å². The van der Waals surface area contributed by atoms with Crippen LogP contribution in [0, 0.1) is 0 Å². The summed E-state index contributed by atoms with van der Waals surface area (Å²) >= 11 is 1.40. The highest BCUT2D eigenvalue weighted by Crippen LogP contribution is 2.28. The number of nitrogens with one attached hydrogen (secondary N) is 1. The standard InChI is InChI=1S/C27H24N2O2S/c30-25(23-12-10-19-6-2-4-8-21(19)16-23)13-14-26(31)29-27-28-24(17-32-27)22-11-9-18-5-1-3-7-20(18)15-22/h1,3,5,7,9-12,15-17H,2,4,6,8,13-14H2,(H,28,29,31). The van der Waals surface area contributed by atoms with Crippen molar-refractivity contribution in [2.24, 2.45) is 0 Å². The van der Waals surface area contributed by atoms with E-state index in [9.17, 15) is 9.59 Å². The van der Waals surface area contributed by atoms with Crippen molar-refractivity contribution in [3.05, 3.63) is 82.7 Å². The third-order valence-electron chi connectivity index (χ3n) is 6.05. The number of nitrogens with zero attached hydrogens (tertiary/aromatic N) is 1. The van der Waals surface area contributed by atoms with Crippen molar-refractivity contribution in [3.63, 3.8) is 0 Å². The topological polar surface area (TPSA) is 59.1 Å². The van der Waals surface area contributed by atoms with Gasteiger partial charge in [0.1, 0.15) is 0 Å². The molecule has 1 aromatic heterocycles. The predicted molar refractivity (Wildman–Crippen MR) is 130 cm³/mol. The van der Waals surface area contributed by atoms with Gasteiger partial charge in [0.15, 0.2) is 10.9 Å². The fourth-order valence-electron chi connectivity index (χ4n) is 4.27. The summed E-state index contributed by atoms with van der Waals surface area (Å²) in [5, 5.41) is 7.68. The maximum atomic E-state index is 12.6. The van der Waals surface area contributed by atoms with Crippen molar-refractivity contribution in [1.82, 2.24) is 4.98 Å². The average molecular weight is 441 g/mol. The first-order valence-corrected chi connectivity index (χ1v) is 11.9. The summed E-state index contributed by atoms with van der Waals surface area (Å²) in [4.78, 5) is 29.6. The van der Waals surface area contributed by atoms with E-state index in [0.717, 1.165) is 29.5 Å². The smallest absolute Gasteiger partial charge is 0.226 e. The number of hydrogen-bond donors (Lipinski definition) is 1. The highest BCUT2D eigenvalue weighted by atomic mass is 32.1. The van der Waals surface area contributed by atoms with Gasteiger partial charge < -0.3 is 5.32 Å². The highest BCUT2D eigenvalue weighted by molar-refractivity contribution is 7.14. The fraction of sp³-hybridized carbons (Fsp3) is 0.222. The zero-order valence-corrected chi connectivity index (χ0v) is 18.6. The zero-order valence-electron chi connectivity index (χ0n) is 17.8. The van der Waals surface area contributed by atoms with Gasteiger partial charge in [-0.3, -0.25) is 9.59 Å². The van der Waals surface area contributed by atoms with E-state index in [1.807, 2.05) is 35.7 Å². The lowest BCUT2D eigenvalue weighted by Gasteiger charge is -2.16. The van der Waals surface area contributed by atoms with Crippen molar-refractivity contribution in [2.75, 3.05) is 5.32 Å². The third kappa shape index (κ3) is 4.48. The van der Waals surface area contributed by atoms with E-state index in [-0.39, 0.29) is 24.5 Å². The Bertz CT molecular complexity index is 1310. The number of Topliss-reactive ketones (excluding diaryl/α,β-unsaturated/α-hetero) is 1. The predicted octanol–water partition coefficient (Wildman–Crippen LogP) is 6.44. The number of aryl methyl sites for hydroxylation is 2. The molecule has 4 aromatic rings. The van der Waals surface area contributed by atoms with Crippen LogP contribution < -0.4 is 5.32 Å². The molecule has 3 aromatic carbocycles. The van der Waals surface area contributed by atoms with Gasteiger partial charge in [0.25, 0.3) is 0 Å². The van der Waals surface area contributed by atoms with Gasteiger partial charge >= 0.3 is 0 Å². The van der Waals surface area contributed by atoms with Gasteiger partial charge in [-0.1, -0.05) is 48.5 Å². The molecular formula is C27H24N2O2S. The molecule has 0 bridgehead atoms. The summed E-state index contributed by atoms with van der Waals surface area (Å²) in [6, 6.07) is 20.4. The minimum atomic E-state index is -0.185. The molecule has 32 heavy (non-hydrogen) atoms. The molecule has 0 unspecified atom stereocenters. The van der Waals surface area contributed by atoms with Crippen molar-refractivity contribution < 1.29 is 9.59 Å². The van der Waals surface area contributed by atoms with Crippen LogP contribution in [0.2, 0.25) is 0 Å². The van der Waals surface area contributed by atoms with Gasteiger partial charge in [-0.2, -0.15) is 0 Å². The molecule has 1 heterocycles. The van der Waals surface area contributed by atoms with E-state index >= 15 is 0 Å². The summed E-state index contributed by atoms with van der Waals surface area (Å²) in [6.45, 7) is 0. The van der Waals surface area contributed by atoms with Crippen LogP contribution in [-0.2, 0) is 17.6 Å². The number of hydrogen-bond acceptors (Lipinski definition) is 4. The lowest BCUT2D eigenvalue weighted by atomic mass is 9.89. The first kappa shape index (κ1) is 20.6. The average Bonchev–Trinajstić information content (AvgIpc) is 3.30. The summed E-state index contributed by atoms with van der Waals surface area (Å²) in [5.41, 5.74) is 5.21. The normalized spacial score (nSPS) is 13.0. The van der Waals surface area contributed by atoms with Crippen molar-refractivity contribution in [1.29, 1.82) is 0 Å². The molecule has 160 valence electrons. The molecule has 5 heteroatoms. The molecule has 1 N–H and O–H groups in total. The number of thiazole rings is 1. The van der Waals surface area contributed by atoms with E-state index < -0.39 is 0 Å². The molecule has 0 saturated carbocycles. The summed E-state index contributed by atoms with van der Waals surface area (Å²) in [7, 11) is 0. The van der Waals surface area contributed by atoms with Gasteiger partial charge in [0, 0.05) is 29.3 Å². The Kier molecular flexibility index (Phi) is 5.82. The molecule has 0 radical (unpaired) electrons. The molecular weight excluding hydrogens is 416 g/mol. The number of fused-ring (bicyclic) bond motifs is 2. The number of aromatic nitrogens is 1. The molecule has 0 aliphatic heterocycles.